The lowest BCUT2D eigenvalue weighted by Gasteiger charge is -2.36. The second-order valence-electron chi connectivity index (χ2n) is 8.91. The highest BCUT2D eigenvalue weighted by Gasteiger charge is 2.25. The van der Waals surface area contributed by atoms with Gasteiger partial charge < -0.3 is 20.3 Å². The van der Waals surface area contributed by atoms with Crippen molar-refractivity contribution in [2.24, 2.45) is 10.7 Å². The minimum Gasteiger partial charge on any atom is -0.444 e. The topological polar surface area (TPSA) is 71.2 Å². The zero-order valence-electron chi connectivity index (χ0n) is 19.3. The number of rotatable bonds is 6. The number of allylic oxidation sites excluding steroid dienone is 1. The molecule has 0 aromatic heterocycles. The average molecular weight is 435 g/mol. The smallest absolute Gasteiger partial charge is 0.410 e. The quantitative estimate of drug-likeness (QED) is 0.686. The van der Waals surface area contributed by atoms with Crippen molar-refractivity contribution < 1.29 is 9.53 Å². The maximum atomic E-state index is 12.2. The molecular weight excluding hydrogens is 400 g/mol. The number of benzene rings is 2. The van der Waals surface area contributed by atoms with Gasteiger partial charge in [-0.3, -0.25) is 4.99 Å². The summed E-state index contributed by atoms with van der Waals surface area (Å²) in [5.41, 5.74) is 9.81. The highest BCUT2D eigenvalue weighted by atomic mass is 16.6. The number of hydrogen-bond acceptors (Lipinski definition) is 5. The van der Waals surface area contributed by atoms with Gasteiger partial charge in [-0.2, -0.15) is 0 Å². The summed E-state index contributed by atoms with van der Waals surface area (Å²) in [4.78, 5) is 20.7. The fourth-order valence-electron chi connectivity index (χ4n) is 3.48. The highest BCUT2D eigenvalue weighted by molar-refractivity contribution is 5.83. The Morgan fingerprint density at radius 3 is 2.31 bits per heavy atom. The first-order valence-electron chi connectivity index (χ1n) is 11.1. The van der Waals surface area contributed by atoms with E-state index in [1.54, 1.807) is 11.1 Å². The molecule has 2 aromatic rings. The van der Waals surface area contributed by atoms with Gasteiger partial charge in [-0.05, 0) is 56.5 Å². The molecule has 0 radical (unpaired) electrons. The lowest BCUT2D eigenvalue weighted by Crippen LogP contribution is -2.50. The molecular formula is C26H34N4O2. The van der Waals surface area contributed by atoms with E-state index in [-0.39, 0.29) is 6.09 Å². The van der Waals surface area contributed by atoms with Crippen LogP contribution >= 0.6 is 0 Å². The van der Waals surface area contributed by atoms with Crippen molar-refractivity contribution in [3.05, 3.63) is 71.8 Å². The molecule has 0 spiro atoms. The maximum absolute atomic E-state index is 12.2. The van der Waals surface area contributed by atoms with E-state index >= 15 is 0 Å². The van der Waals surface area contributed by atoms with Gasteiger partial charge in [0.1, 0.15) is 5.60 Å². The minimum atomic E-state index is -0.468. The first kappa shape index (κ1) is 23.4. The van der Waals surface area contributed by atoms with E-state index in [0.29, 0.717) is 18.8 Å². The lowest BCUT2D eigenvalue weighted by molar-refractivity contribution is 0.0240. The molecule has 1 saturated heterocycles. The normalized spacial score (nSPS) is 15.3. The SMILES string of the molecule is CC(C)(C)OC(=O)N1CCN(c2ccc(/C(N)=C/C=NCCc3ccccc3)cc2)CC1. The molecule has 6 heteroatoms. The Balaban J connectivity index is 1.47. The predicted octanol–water partition coefficient (Wildman–Crippen LogP) is 4.36. The molecule has 0 saturated carbocycles. The second kappa shape index (κ2) is 10.8. The van der Waals surface area contributed by atoms with Crippen molar-refractivity contribution in [2.75, 3.05) is 37.6 Å². The molecule has 3 rings (SSSR count). The summed E-state index contributed by atoms with van der Waals surface area (Å²) >= 11 is 0. The largest absolute Gasteiger partial charge is 0.444 e. The number of anilines is 1. The fourth-order valence-corrected chi connectivity index (χ4v) is 3.48. The average Bonchev–Trinajstić information content (AvgIpc) is 2.78. The maximum Gasteiger partial charge on any atom is 0.410 e. The molecule has 2 N–H and O–H groups in total. The van der Waals surface area contributed by atoms with Crippen molar-refractivity contribution >= 4 is 23.7 Å². The van der Waals surface area contributed by atoms with Crippen LogP contribution in [0.2, 0.25) is 0 Å². The van der Waals surface area contributed by atoms with Crippen molar-refractivity contribution in [1.82, 2.24) is 4.90 Å². The molecule has 6 nitrogen and oxygen atoms in total. The van der Waals surface area contributed by atoms with Gasteiger partial charge in [-0.1, -0.05) is 42.5 Å². The Labute approximate surface area is 191 Å². The zero-order valence-corrected chi connectivity index (χ0v) is 19.3. The number of carbonyl (C=O) groups excluding carboxylic acids is 1. The number of ether oxygens (including phenoxy) is 1. The first-order valence-corrected chi connectivity index (χ1v) is 11.1. The van der Waals surface area contributed by atoms with E-state index in [2.05, 4.69) is 34.2 Å². The summed E-state index contributed by atoms with van der Waals surface area (Å²) in [5.74, 6) is 0. The predicted molar refractivity (Wildman–Crippen MR) is 132 cm³/mol. The van der Waals surface area contributed by atoms with Crippen molar-refractivity contribution in [2.45, 2.75) is 32.8 Å². The molecule has 1 heterocycles. The Bertz CT molecular complexity index is 923. The van der Waals surface area contributed by atoms with Crippen LogP contribution in [-0.2, 0) is 11.2 Å². The van der Waals surface area contributed by atoms with Crippen molar-refractivity contribution in [1.29, 1.82) is 0 Å². The van der Waals surface area contributed by atoms with Gasteiger partial charge in [0.05, 0.1) is 0 Å². The van der Waals surface area contributed by atoms with E-state index in [9.17, 15) is 4.79 Å². The molecule has 32 heavy (non-hydrogen) atoms. The fraction of sp³-hybridized carbons (Fsp3) is 0.385. The van der Waals surface area contributed by atoms with E-state index in [1.807, 2.05) is 57.2 Å². The number of nitrogens with two attached hydrogens (primary N) is 1. The third-order valence-corrected chi connectivity index (χ3v) is 5.23. The Hall–Kier alpha value is -3.28. The molecule has 1 aliphatic rings. The van der Waals surface area contributed by atoms with Crippen LogP contribution in [0, 0.1) is 0 Å². The molecule has 1 amide bonds. The Morgan fingerprint density at radius 2 is 1.69 bits per heavy atom. The van der Waals surface area contributed by atoms with Gasteiger partial charge in [0, 0.05) is 50.3 Å². The van der Waals surface area contributed by atoms with Crippen LogP contribution in [0.15, 0.2) is 65.7 Å². The molecule has 0 bridgehead atoms. The Morgan fingerprint density at radius 1 is 1.03 bits per heavy atom. The number of hydrogen-bond donors (Lipinski definition) is 1. The van der Waals surface area contributed by atoms with E-state index in [4.69, 9.17) is 10.5 Å². The van der Waals surface area contributed by atoms with Gasteiger partial charge in [0.15, 0.2) is 0 Å². The first-order chi connectivity index (χ1) is 15.3. The van der Waals surface area contributed by atoms with E-state index in [0.717, 1.165) is 37.3 Å². The number of piperazine rings is 1. The van der Waals surface area contributed by atoms with Gasteiger partial charge in [-0.15, -0.1) is 0 Å². The van der Waals surface area contributed by atoms with Gasteiger partial charge >= 0.3 is 6.09 Å². The second-order valence-corrected chi connectivity index (χ2v) is 8.91. The van der Waals surface area contributed by atoms with Crippen molar-refractivity contribution in [3.8, 4) is 0 Å². The highest BCUT2D eigenvalue weighted by Crippen LogP contribution is 2.20. The molecule has 0 atom stereocenters. The van der Waals surface area contributed by atoms with Crippen LogP contribution in [0.4, 0.5) is 10.5 Å². The van der Waals surface area contributed by atoms with E-state index in [1.165, 1.54) is 5.56 Å². The molecule has 1 aliphatic heterocycles. The summed E-state index contributed by atoms with van der Waals surface area (Å²) in [5, 5.41) is 0. The number of aliphatic imine (C=N–C) groups is 1. The standard InChI is InChI=1S/C26H34N4O2/c1-26(2,3)32-25(31)30-19-17-29(18-20-30)23-11-9-22(10-12-23)24(27)14-16-28-15-13-21-7-5-4-6-8-21/h4-12,14,16H,13,15,17-20,27H2,1-3H3/b24-14-,28-16?. The van der Waals surface area contributed by atoms with Crippen molar-refractivity contribution in [3.63, 3.8) is 0 Å². The third kappa shape index (κ3) is 7.15. The number of amides is 1. The third-order valence-electron chi connectivity index (χ3n) is 5.23. The van der Waals surface area contributed by atoms with E-state index < -0.39 is 5.60 Å². The lowest BCUT2D eigenvalue weighted by atomic mass is 10.1. The number of carbonyl (C=O) groups is 1. The summed E-state index contributed by atoms with van der Waals surface area (Å²) < 4.78 is 5.47. The molecule has 170 valence electrons. The van der Waals surface area contributed by atoms with Gasteiger partial charge in [-0.25, -0.2) is 4.79 Å². The molecule has 0 aliphatic carbocycles. The molecule has 2 aromatic carbocycles. The number of nitrogens with zero attached hydrogens (tertiary/aromatic N) is 3. The van der Waals surface area contributed by atoms with Crippen LogP contribution in [0.25, 0.3) is 5.70 Å². The monoisotopic (exact) mass is 434 g/mol. The van der Waals surface area contributed by atoms with Crippen LogP contribution in [-0.4, -0.2) is 55.5 Å². The summed E-state index contributed by atoms with van der Waals surface area (Å²) in [7, 11) is 0. The van der Waals surface area contributed by atoms with Gasteiger partial charge in [0.25, 0.3) is 0 Å². The Kier molecular flexibility index (Phi) is 7.92. The van der Waals surface area contributed by atoms with Crippen LogP contribution in [0.3, 0.4) is 0 Å². The van der Waals surface area contributed by atoms with Crippen LogP contribution in [0.1, 0.15) is 31.9 Å². The minimum absolute atomic E-state index is 0.240. The van der Waals surface area contributed by atoms with Gasteiger partial charge in [0.2, 0.25) is 0 Å². The molecule has 1 fully saturated rings. The summed E-state index contributed by atoms with van der Waals surface area (Å²) in [6, 6.07) is 18.5. The summed E-state index contributed by atoms with van der Waals surface area (Å²) in [6.45, 7) is 9.26. The summed E-state index contributed by atoms with van der Waals surface area (Å²) in [6.07, 6.45) is 4.30. The molecule has 0 unspecified atom stereocenters. The van der Waals surface area contributed by atoms with Crippen LogP contribution in [0.5, 0.6) is 0 Å². The van der Waals surface area contributed by atoms with Crippen LogP contribution < -0.4 is 10.6 Å². The zero-order chi connectivity index (χ0) is 23.0.